The minimum atomic E-state index is -0.367. The van der Waals surface area contributed by atoms with Crippen LogP contribution in [0.3, 0.4) is 0 Å². The SMILES string of the molecule is CCCCCCCC[C@@H]1C(CCCc2ccc(C(=O)OCCO)s2)[C@H](Cl)C[C@H]1O. The Kier molecular flexibility index (Phi) is 11.6. The van der Waals surface area contributed by atoms with Crippen molar-refractivity contribution in [1.29, 1.82) is 0 Å². The van der Waals surface area contributed by atoms with Crippen LogP contribution in [-0.4, -0.2) is 40.9 Å². The molecule has 0 radical (unpaired) electrons. The van der Waals surface area contributed by atoms with Gasteiger partial charge in [0.2, 0.25) is 0 Å². The molecule has 1 unspecified atom stereocenters. The molecule has 2 N–H and O–H groups in total. The zero-order valence-electron chi connectivity index (χ0n) is 17.7. The smallest absolute Gasteiger partial charge is 0.348 e. The molecule has 6 heteroatoms. The molecule has 1 fully saturated rings. The van der Waals surface area contributed by atoms with Crippen LogP contribution in [0.1, 0.15) is 85.7 Å². The summed E-state index contributed by atoms with van der Waals surface area (Å²) in [7, 11) is 0. The molecule has 0 spiro atoms. The van der Waals surface area contributed by atoms with Gasteiger partial charge in [0.05, 0.1) is 12.7 Å². The maximum Gasteiger partial charge on any atom is 0.348 e. The number of unbranched alkanes of at least 4 members (excludes halogenated alkanes) is 5. The van der Waals surface area contributed by atoms with Crippen molar-refractivity contribution in [3.05, 3.63) is 21.9 Å². The number of aliphatic hydroxyl groups is 2. The highest BCUT2D eigenvalue weighted by molar-refractivity contribution is 7.13. The van der Waals surface area contributed by atoms with Crippen LogP contribution >= 0.6 is 22.9 Å². The molecule has 1 aliphatic carbocycles. The van der Waals surface area contributed by atoms with Crippen molar-refractivity contribution < 1.29 is 19.7 Å². The summed E-state index contributed by atoms with van der Waals surface area (Å²) in [6.45, 7) is 2.12. The lowest BCUT2D eigenvalue weighted by molar-refractivity contribution is 0.0439. The van der Waals surface area contributed by atoms with E-state index < -0.39 is 0 Å². The Hall–Kier alpha value is -0.620. The highest BCUT2D eigenvalue weighted by Gasteiger charge is 2.40. The number of carbonyl (C=O) groups excluding carboxylic acids is 1. The van der Waals surface area contributed by atoms with Gasteiger partial charge in [-0.3, -0.25) is 0 Å². The van der Waals surface area contributed by atoms with Crippen LogP contribution in [0.25, 0.3) is 0 Å². The van der Waals surface area contributed by atoms with Crippen molar-refractivity contribution >= 4 is 28.9 Å². The van der Waals surface area contributed by atoms with Crippen molar-refractivity contribution in [3.8, 4) is 0 Å². The zero-order valence-corrected chi connectivity index (χ0v) is 19.2. The summed E-state index contributed by atoms with van der Waals surface area (Å²) in [4.78, 5) is 13.6. The number of esters is 1. The average molecular weight is 445 g/mol. The standard InChI is InChI=1S/C23H37ClO4S/c1-2-3-4-5-6-7-10-19-18(20(24)16-21(19)26)11-8-9-17-12-13-22(29-17)23(27)28-15-14-25/h12-13,18-21,25-26H,2-11,14-16H2,1H3/t18?,19-,20-,21-/m1/s1. The summed E-state index contributed by atoms with van der Waals surface area (Å²) in [6, 6.07) is 3.78. The fourth-order valence-corrected chi connectivity index (χ4v) is 5.88. The molecule has 1 aromatic rings. The summed E-state index contributed by atoms with van der Waals surface area (Å²) in [5.74, 6) is 0.348. The molecule has 166 valence electrons. The number of rotatable bonds is 14. The van der Waals surface area contributed by atoms with Crippen LogP contribution < -0.4 is 0 Å². The fraction of sp³-hybridized carbons (Fsp3) is 0.783. The number of hydrogen-bond acceptors (Lipinski definition) is 5. The van der Waals surface area contributed by atoms with E-state index in [2.05, 4.69) is 6.92 Å². The number of aliphatic hydroxyl groups excluding tert-OH is 2. The number of halogens is 1. The summed E-state index contributed by atoms with van der Waals surface area (Å²) >= 11 is 8.05. The molecule has 4 atom stereocenters. The van der Waals surface area contributed by atoms with E-state index in [0.717, 1.165) is 30.6 Å². The third-order valence-electron chi connectivity index (χ3n) is 6.01. The molecule has 1 heterocycles. The first-order valence-electron chi connectivity index (χ1n) is 11.3. The molecule has 1 aromatic heterocycles. The van der Waals surface area contributed by atoms with Crippen molar-refractivity contribution in [1.82, 2.24) is 0 Å². The number of carbonyl (C=O) groups is 1. The van der Waals surface area contributed by atoms with E-state index in [9.17, 15) is 9.90 Å². The molecule has 0 aromatic carbocycles. The molecule has 0 saturated heterocycles. The first-order chi connectivity index (χ1) is 14.1. The molecule has 4 nitrogen and oxygen atoms in total. The van der Waals surface area contributed by atoms with E-state index in [-0.39, 0.29) is 30.7 Å². The van der Waals surface area contributed by atoms with Crippen molar-refractivity contribution in [3.63, 3.8) is 0 Å². The van der Waals surface area contributed by atoms with Gasteiger partial charge >= 0.3 is 5.97 Å². The van der Waals surface area contributed by atoms with Gasteiger partial charge in [-0.2, -0.15) is 0 Å². The van der Waals surface area contributed by atoms with Crippen LogP contribution in [0.15, 0.2) is 12.1 Å². The minimum Gasteiger partial charge on any atom is -0.459 e. The normalized spacial score (nSPS) is 24.1. The van der Waals surface area contributed by atoms with Crippen LogP contribution in [0, 0.1) is 11.8 Å². The summed E-state index contributed by atoms with van der Waals surface area (Å²) in [6.07, 6.45) is 12.2. The van der Waals surface area contributed by atoms with E-state index in [0.29, 0.717) is 23.1 Å². The first kappa shape index (κ1) is 24.6. The largest absolute Gasteiger partial charge is 0.459 e. The lowest BCUT2D eigenvalue weighted by Crippen LogP contribution is -2.21. The second-order valence-electron chi connectivity index (χ2n) is 8.22. The summed E-state index contributed by atoms with van der Waals surface area (Å²) in [5, 5.41) is 19.3. The molecular formula is C23H37ClO4S. The van der Waals surface area contributed by atoms with Gasteiger partial charge in [-0.05, 0) is 56.1 Å². The summed E-state index contributed by atoms with van der Waals surface area (Å²) < 4.78 is 4.96. The second kappa shape index (κ2) is 13.6. The molecule has 0 aliphatic heterocycles. The predicted octanol–water partition coefficient (Wildman–Crippen LogP) is 5.57. The lowest BCUT2D eigenvalue weighted by atomic mass is 9.85. The number of alkyl halides is 1. The Morgan fingerprint density at radius 2 is 1.86 bits per heavy atom. The Bertz CT molecular complexity index is 591. The Morgan fingerprint density at radius 1 is 1.14 bits per heavy atom. The molecule has 29 heavy (non-hydrogen) atoms. The molecule has 0 amide bonds. The number of ether oxygens (including phenoxy) is 1. The van der Waals surface area contributed by atoms with Gasteiger partial charge in [0.25, 0.3) is 0 Å². The molecule has 2 rings (SSSR count). The van der Waals surface area contributed by atoms with Crippen LogP contribution in [0.5, 0.6) is 0 Å². The van der Waals surface area contributed by atoms with E-state index in [1.165, 1.54) is 49.9 Å². The van der Waals surface area contributed by atoms with Gasteiger partial charge in [-0.1, -0.05) is 45.4 Å². The maximum absolute atomic E-state index is 11.8. The lowest BCUT2D eigenvalue weighted by Gasteiger charge is -2.23. The van der Waals surface area contributed by atoms with E-state index >= 15 is 0 Å². The van der Waals surface area contributed by atoms with Gasteiger partial charge in [0.1, 0.15) is 11.5 Å². The van der Waals surface area contributed by atoms with Crippen LogP contribution in [0.4, 0.5) is 0 Å². The third kappa shape index (κ3) is 8.20. The van der Waals surface area contributed by atoms with Gasteiger partial charge in [-0.15, -0.1) is 22.9 Å². The zero-order chi connectivity index (χ0) is 21.1. The fourth-order valence-electron chi connectivity index (χ4n) is 4.44. The molecule has 1 aliphatic rings. The predicted molar refractivity (Wildman–Crippen MR) is 120 cm³/mol. The molecule has 0 bridgehead atoms. The van der Waals surface area contributed by atoms with Gasteiger partial charge in [0.15, 0.2) is 0 Å². The quantitative estimate of drug-likeness (QED) is 0.223. The van der Waals surface area contributed by atoms with Crippen LogP contribution in [-0.2, 0) is 11.2 Å². The monoisotopic (exact) mass is 444 g/mol. The van der Waals surface area contributed by atoms with E-state index in [4.69, 9.17) is 21.4 Å². The second-order valence-corrected chi connectivity index (χ2v) is 9.95. The highest BCUT2D eigenvalue weighted by atomic mass is 35.5. The number of hydrogen-bond donors (Lipinski definition) is 2. The topological polar surface area (TPSA) is 66.8 Å². The molecular weight excluding hydrogens is 408 g/mol. The maximum atomic E-state index is 11.8. The third-order valence-corrected chi connectivity index (χ3v) is 7.64. The first-order valence-corrected chi connectivity index (χ1v) is 12.5. The highest BCUT2D eigenvalue weighted by Crippen LogP contribution is 2.42. The Morgan fingerprint density at radius 3 is 2.62 bits per heavy atom. The van der Waals surface area contributed by atoms with Gasteiger partial charge in [0, 0.05) is 10.3 Å². The Labute approximate surface area is 184 Å². The number of thiophene rings is 1. The average Bonchev–Trinajstić information content (AvgIpc) is 3.28. The molecule has 1 saturated carbocycles. The Balaban J connectivity index is 1.74. The van der Waals surface area contributed by atoms with Crippen LogP contribution in [0.2, 0.25) is 0 Å². The van der Waals surface area contributed by atoms with Crippen molar-refractivity contribution in [2.45, 2.75) is 89.0 Å². The van der Waals surface area contributed by atoms with Crippen molar-refractivity contribution in [2.24, 2.45) is 11.8 Å². The minimum absolute atomic E-state index is 0.0349. The van der Waals surface area contributed by atoms with E-state index in [1.54, 1.807) is 6.07 Å². The van der Waals surface area contributed by atoms with Crippen molar-refractivity contribution in [2.75, 3.05) is 13.2 Å². The van der Waals surface area contributed by atoms with Gasteiger partial charge < -0.3 is 14.9 Å². The van der Waals surface area contributed by atoms with Gasteiger partial charge in [-0.25, -0.2) is 4.79 Å². The number of aryl methyl sites for hydroxylation is 1. The van der Waals surface area contributed by atoms with E-state index in [1.807, 2.05) is 6.07 Å². The summed E-state index contributed by atoms with van der Waals surface area (Å²) in [5.41, 5.74) is 0.